The molecule has 0 radical (unpaired) electrons. The number of hydrogen-bond acceptors (Lipinski definition) is 9. The van der Waals surface area contributed by atoms with Gasteiger partial charge in [0.05, 0.1) is 26.0 Å². The maximum atomic E-state index is 10.1. The molecule has 3 aromatic heterocycles. The van der Waals surface area contributed by atoms with Crippen LogP contribution in [0.3, 0.4) is 0 Å². The van der Waals surface area contributed by atoms with Gasteiger partial charge in [0.1, 0.15) is 23.5 Å². The zero-order valence-electron chi connectivity index (χ0n) is 23.0. The van der Waals surface area contributed by atoms with E-state index in [9.17, 15) is 5.11 Å². The minimum absolute atomic E-state index is 0.415. The Morgan fingerprint density at radius 2 is 1.90 bits per heavy atom. The summed E-state index contributed by atoms with van der Waals surface area (Å²) in [4.78, 5) is 14.0. The number of oxazole rings is 1. The van der Waals surface area contributed by atoms with Gasteiger partial charge in [0, 0.05) is 30.2 Å². The molecule has 1 aliphatic carbocycles. The number of aromatic nitrogens is 5. The maximum absolute atomic E-state index is 10.1. The van der Waals surface area contributed by atoms with Crippen LogP contribution < -0.4 is 14.8 Å². The standard InChI is InChI=1S/C30H32N6O4/c1-18-26(28-31-11-12-40-28)34-29(32-17-21-9-10-23(38-3)14-24(21)39-4)36-27(18)33-25(35-36)13-19-5-7-20(8-6-19)22-15-30(2,37)16-22/h5-12,14,22,37H,13,15-17H2,1-4H3,(H,32,34). The van der Waals surface area contributed by atoms with Crippen LogP contribution in [-0.4, -0.2) is 49.5 Å². The lowest BCUT2D eigenvalue weighted by Gasteiger charge is -2.41. The minimum atomic E-state index is -0.538. The minimum Gasteiger partial charge on any atom is -0.497 e. The fourth-order valence-electron chi connectivity index (χ4n) is 5.33. The topological polar surface area (TPSA) is 120 Å². The molecule has 0 bridgehead atoms. The Bertz CT molecular complexity index is 1640. The summed E-state index contributed by atoms with van der Waals surface area (Å²) in [6.45, 7) is 4.28. The molecule has 206 valence electrons. The van der Waals surface area contributed by atoms with Gasteiger partial charge in [0.15, 0.2) is 11.5 Å². The van der Waals surface area contributed by atoms with Crippen molar-refractivity contribution in [3.8, 4) is 23.1 Å². The van der Waals surface area contributed by atoms with Crippen LogP contribution >= 0.6 is 0 Å². The van der Waals surface area contributed by atoms with Gasteiger partial charge in [0.25, 0.3) is 0 Å². The predicted octanol–water partition coefficient (Wildman–Crippen LogP) is 4.94. The molecule has 5 aromatic rings. The molecule has 0 amide bonds. The highest BCUT2D eigenvalue weighted by molar-refractivity contribution is 5.66. The molecule has 2 N–H and O–H groups in total. The van der Waals surface area contributed by atoms with Crippen molar-refractivity contribution < 1.29 is 19.0 Å². The van der Waals surface area contributed by atoms with Gasteiger partial charge in [-0.15, -0.1) is 5.10 Å². The highest BCUT2D eigenvalue weighted by Crippen LogP contribution is 2.44. The molecule has 10 heteroatoms. The van der Waals surface area contributed by atoms with E-state index < -0.39 is 5.60 Å². The van der Waals surface area contributed by atoms with Gasteiger partial charge in [0.2, 0.25) is 11.8 Å². The molecular weight excluding hydrogens is 508 g/mol. The van der Waals surface area contributed by atoms with Gasteiger partial charge < -0.3 is 24.3 Å². The van der Waals surface area contributed by atoms with Crippen LogP contribution in [0.2, 0.25) is 0 Å². The van der Waals surface area contributed by atoms with Crippen molar-refractivity contribution in [1.82, 2.24) is 24.6 Å². The fourth-order valence-corrected chi connectivity index (χ4v) is 5.33. The van der Waals surface area contributed by atoms with E-state index in [0.29, 0.717) is 53.6 Å². The predicted molar refractivity (Wildman–Crippen MR) is 150 cm³/mol. The molecule has 0 saturated heterocycles. The molecule has 0 unspecified atom stereocenters. The van der Waals surface area contributed by atoms with Crippen LogP contribution in [0, 0.1) is 6.92 Å². The van der Waals surface area contributed by atoms with E-state index in [4.69, 9.17) is 29.0 Å². The Balaban J connectivity index is 1.30. The van der Waals surface area contributed by atoms with Gasteiger partial charge >= 0.3 is 0 Å². The summed E-state index contributed by atoms with van der Waals surface area (Å²) in [5.74, 6) is 3.45. The van der Waals surface area contributed by atoms with E-state index >= 15 is 0 Å². The molecule has 2 aromatic carbocycles. The van der Waals surface area contributed by atoms with Crippen LogP contribution in [0.15, 0.2) is 59.3 Å². The number of rotatable bonds is 9. The molecule has 1 saturated carbocycles. The van der Waals surface area contributed by atoms with E-state index in [1.807, 2.05) is 32.0 Å². The number of nitrogens with one attached hydrogen (secondary N) is 1. The average Bonchev–Trinajstić information content (AvgIpc) is 3.63. The highest BCUT2D eigenvalue weighted by Gasteiger charge is 2.38. The quantitative estimate of drug-likeness (QED) is 0.268. The van der Waals surface area contributed by atoms with Crippen molar-refractivity contribution in [2.24, 2.45) is 0 Å². The molecule has 0 aliphatic heterocycles. The summed E-state index contributed by atoms with van der Waals surface area (Å²) < 4.78 is 18.2. The van der Waals surface area contributed by atoms with Crippen LogP contribution in [-0.2, 0) is 13.0 Å². The third-order valence-corrected chi connectivity index (χ3v) is 7.51. The number of ether oxygens (including phenoxy) is 2. The number of methoxy groups -OCH3 is 2. The Morgan fingerprint density at radius 3 is 2.58 bits per heavy atom. The van der Waals surface area contributed by atoms with Gasteiger partial charge in [-0.1, -0.05) is 24.3 Å². The van der Waals surface area contributed by atoms with Crippen molar-refractivity contribution in [2.75, 3.05) is 19.5 Å². The monoisotopic (exact) mass is 540 g/mol. The van der Waals surface area contributed by atoms with Gasteiger partial charge in [-0.2, -0.15) is 4.52 Å². The Hall–Kier alpha value is -4.44. The lowest BCUT2D eigenvalue weighted by atomic mass is 9.69. The number of aliphatic hydroxyl groups is 1. The molecule has 0 atom stereocenters. The first kappa shape index (κ1) is 25.8. The molecule has 3 heterocycles. The Kier molecular flexibility index (Phi) is 6.63. The third kappa shape index (κ3) is 4.98. The second kappa shape index (κ2) is 10.3. The number of fused-ring (bicyclic) bond motifs is 1. The summed E-state index contributed by atoms with van der Waals surface area (Å²) in [5, 5.41) is 18.3. The first-order chi connectivity index (χ1) is 19.3. The van der Waals surface area contributed by atoms with Crippen molar-refractivity contribution in [1.29, 1.82) is 0 Å². The summed E-state index contributed by atoms with van der Waals surface area (Å²) in [6, 6.07) is 14.2. The fraction of sp³-hybridized carbons (Fsp3) is 0.333. The lowest BCUT2D eigenvalue weighted by molar-refractivity contribution is -0.0313. The third-order valence-electron chi connectivity index (χ3n) is 7.51. The molecule has 1 aliphatic rings. The first-order valence-electron chi connectivity index (χ1n) is 13.3. The number of aryl methyl sites for hydroxylation is 1. The number of hydrogen-bond donors (Lipinski definition) is 2. The summed E-state index contributed by atoms with van der Waals surface area (Å²) >= 11 is 0. The molecule has 1 fully saturated rings. The molecular formula is C30H32N6O4. The average molecular weight is 541 g/mol. The van der Waals surface area contributed by atoms with Crippen LogP contribution in [0.25, 0.3) is 17.2 Å². The van der Waals surface area contributed by atoms with Crippen molar-refractivity contribution in [2.45, 2.75) is 51.2 Å². The van der Waals surface area contributed by atoms with Crippen LogP contribution in [0.5, 0.6) is 11.5 Å². The summed E-state index contributed by atoms with van der Waals surface area (Å²) in [7, 11) is 3.26. The molecule has 10 nitrogen and oxygen atoms in total. The maximum Gasteiger partial charge on any atom is 0.245 e. The Morgan fingerprint density at radius 1 is 1.10 bits per heavy atom. The summed E-state index contributed by atoms with van der Waals surface area (Å²) in [6.07, 6.45) is 5.30. The van der Waals surface area contributed by atoms with E-state index in [2.05, 4.69) is 34.6 Å². The first-order valence-corrected chi connectivity index (χ1v) is 13.3. The van der Waals surface area contributed by atoms with Crippen molar-refractivity contribution >= 4 is 11.6 Å². The smallest absolute Gasteiger partial charge is 0.245 e. The van der Waals surface area contributed by atoms with E-state index in [1.54, 1.807) is 24.9 Å². The zero-order valence-corrected chi connectivity index (χ0v) is 23.0. The van der Waals surface area contributed by atoms with Crippen molar-refractivity contribution in [3.05, 3.63) is 83.0 Å². The summed E-state index contributed by atoms with van der Waals surface area (Å²) in [5.41, 5.74) is 4.86. The van der Waals surface area contributed by atoms with Crippen LogP contribution in [0.1, 0.15) is 53.8 Å². The number of anilines is 1. The lowest BCUT2D eigenvalue weighted by Crippen LogP contribution is -2.39. The zero-order chi connectivity index (χ0) is 27.9. The molecule has 0 spiro atoms. The number of benzene rings is 2. The SMILES string of the molecule is COc1ccc(CNc2nc(-c3ncco3)c(C)c3nc(Cc4ccc(C5CC(C)(O)C5)cc4)nn23)c(OC)c1. The van der Waals surface area contributed by atoms with Crippen molar-refractivity contribution in [3.63, 3.8) is 0 Å². The largest absolute Gasteiger partial charge is 0.497 e. The molecule has 40 heavy (non-hydrogen) atoms. The van der Waals surface area contributed by atoms with Gasteiger partial charge in [-0.3, -0.25) is 0 Å². The van der Waals surface area contributed by atoms with E-state index in [-0.39, 0.29) is 0 Å². The van der Waals surface area contributed by atoms with E-state index in [0.717, 1.165) is 35.3 Å². The second-order valence-electron chi connectivity index (χ2n) is 10.6. The molecule has 6 rings (SSSR count). The normalized spacial score (nSPS) is 18.5. The Labute approximate surface area is 232 Å². The number of nitrogens with zero attached hydrogens (tertiary/aromatic N) is 5. The van der Waals surface area contributed by atoms with Crippen LogP contribution in [0.4, 0.5) is 5.95 Å². The van der Waals surface area contributed by atoms with E-state index in [1.165, 1.54) is 11.8 Å². The second-order valence-corrected chi connectivity index (χ2v) is 10.6. The van der Waals surface area contributed by atoms with Gasteiger partial charge in [-0.25, -0.2) is 15.0 Å². The van der Waals surface area contributed by atoms with Gasteiger partial charge in [-0.05, 0) is 55.9 Å². The highest BCUT2D eigenvalue weighted by atomic mass is 16.5.